The Labute approximate surface area is 523 Å². The zero-order chi connectivity index (χ0) is 61.5. The van der Waals surface area contributed by atoms with Crippen LogP contribution >= 0.6 is 28.3 Å². The molecule has 0 unspecified atom stereocenters. The van der Waals surface area contributed by atoms with Crippen LogP contribution in [-0.4, -0.2) is 112 Å². The number of amides is 3. The van der Waals surface area contributed by atoms with Crippen molar-refractivity contribution in [3.8, 4) is 17.2 Å². The minimum Gasteiger partial charge on any atom is -0.493 e. The molecule has 3 saturated carbocycles. The normalized spacial score (nSPS) is 14.7. The fraction of sp³-hybridized carbons (Fsp3) is 0.609. The average molecular weight is 1260 g/mol. The van der Waals surface area contributed by atoms with E-state index in [4.69, 9.17) is 28.4 Å². The first kappa shape index (κ1) is 76.8. The molecule has 3 aromatic rings. The summed E-state index contributed by atoms with van der Waals surface area (Å²) >= 11 is 3.45. The maximum absolute atomic E-state index is 11.9. The van der Waals surface area contributed by atoms with Gasteiger partial charge in [-0.1, -0.05) is 128 Å². The molecule has 84 heavy (non-hydrogen) atoms. The number of alkyl carbamates (subject to hydrolysis) is 1. The molecule has 0 spiro atoms. The molecule has 6 rings (SSSR count). The minimum absolute atomic E-state index is 0. The maximum Gasteiger partial charge on any atom is 0.410 e. The predicted octanol–water partition coefficient (Wildman–Crippen LogP) is 17.9. The highest BCUT2D eigenvalue weighted by atomic mass is 79.9. The number of aryl methyl sites for hydroxylation is 1. The van der Waals surface area contributed by atoms with Gasteiger partial charge in [0.05, 0.1) is 19.8 Å². The number of rotatable bonds is 20. The van der Waals surface area contributed by atoms with Gasteiger partial charge in [0.15, 0.2) is 0 Å². The number of carbonyl (C=O) groups excluding carboxylic acids is 3. The van der Waals surface area contributed by atoms with E-state index in [0.29, 0.717) is 25.6 Å². The Kier molecular flexibility index (Phi) is 39.7. The van der Waals surface area contributed by atoms with Gasteiger partial charge in [0.25, 0.3) is 0 Å². The molecule has 0 bridgehead atoms. The molecular formula is C69H110BrClN4O9. The molecule has 15 heteroatoms. The van der Waals surface area contributed by atoms with Crippen LogP contribution in [0.5, 0.6) is 17.2 Å². The van der Waals surface area contributed by atoms with Crippen LogP contribution in [-0.2, 0) is 20.6 Å². The summed E-state index contributed by atoms with van der Waals surface area (Å²) in [5.74, 6) is 5.20. The van der Waals surface area contributed by atoms with Gasteiger partial charge in [0.2, 0.25) is 0 Å². The largest absolute Gasteiger partial charge is 0.493 e. The van der Waals surface area contributed by atoms with Gasteiger partial charge >= 0.3 is 18.3 Å². The van der Waals surface area contributed by atoms with E-state index in [9.17, 15) is 14.4 Å². The molecule has 3 aliphatic carbocycles. The summed E-state index contributed by atoms with van der Waals surface area (Å²) in [7, 11) is 5.42. The molecule has 2 N–H and O–H groups in total. The molecule has 3 amide bonds. The lowest BCUT2D eigenvalue weighted by atomic mass is 9.90. The number of benzene rings is 3. The SMILES string of the molecule is Brc1cccc(OCC2CCCCC2)c1.C=CCN(C)C(=O)OC(C)(C)C.C=CCNC(=O)OC(C)(C)C.CN(C/C=C/c1cccc(OCC2CCCCC2)c1)C(=O)OC(C)(C)C.CNCCCc1cccc(OCC2CCCCC2)c1.Cl. The lowest BCUT2D eigenvalue weighted by Crippen LogP contribution is -2.34. The third-order valence-corrected chi connectivity index (χ3v) is 13.9. The summed E-state index contributed by atoms with van der Waals surface area (Å²) in [6, 6.07) is 24.8. The number of hydrogen-bond donors (Lipinski definition) is 2. The first-order valence-electron chi connectivity index (χ1n) is 30.6. The van der Waals surface area contributed by atoms with Gasteiger partial charge in [0, 0.05) is 38.2 Å². The second kappa shape index (κ2) is 43.4. The monoisotopic (exact) mass is 1250 g/mol. The fourth-order valence-corrected chi connectivity index (χ4v) is 9.45. The van der Waals surface area contributed by atoms with E-state index < -0.39 is 22.9 Å². The van der Waals surface area contributed by atoms with Gasteiger partial charge in [-0.3, -0.25) is 0 Å². The van der Waals surface area contributed by atoms with Crippen LogP contribution in [0.4, 0.5) is 14.4 Å². The van der Waals surface area contributed by atoms with Crippen LogP contribution in [0, 0.1) is 17.8 Å². The van der Waals surface area contributed by atoms with Gasteiger partial charge in [-0.05, 0) is 199 Å². The molecule has 0 aromatic heterocycles. The topological polar surface area (TPSA) is 137 Å². The van der Waals surface area contributed by atoms with Crippen molar-refractivity contribution in [3.05, 3.63) is 120 Å². The molecule has 13 nitrogen and oxygen atoms in total. The Bertz CT molecular complexity index is 2290. The van der Waals surface area contributed by atoms with Crippen molar-refractivity contribution in [2.75, 3.05) is 67.1 Å². The number of halogens is 2. The molecule has 3 aromatic carbocycles. The minimum atomic E-state index is -0.473. The molecule has 0 heterocycles. The van der Waals surface area contributed by atoms with E-state index in [2.05, 4.69) is 64.0 Å². The summed E-state index contributed by atoms with van der Waals surface area (Å²) in [6.07, 6.45) is 28.9. The molecule has 3 aliphatic rings. The summed E-state index contributed by atoms with van der Waals surface area (Å²) in [4.78, 5) is 37.0. The number of nitrogens with zero attached hydrogens (tertiary/aromatic N) is 2. The van der Waals surface area contributed by atoms with Gasteiger partial charge in [-0.25, -0.2) is 14.4 Å². The summed E-state index contributed by atoms with van der Waals surface area (Å²) in [5, 5.41) is 5.70. The van der Waals surface area contributed by atoms with E-state index >= 15 is 0 Å². The van der Waals surface area contributed by atoms with Crippen molar-refractivity contribution in [1.29, 1.82) is 0 Å². The van der Waals surface area contributed by atoms with Gasteiger partial charge < -0.3 is 48.9 Å². The van der Waals surface area contributed by atoms with E-state index in [0.717, 1.165) is 71.9 Å². The molecular weight excluding hydrogens is 1140 g/mol. The summed E-state index contributed by atoms with van der Waals surface area (Å²) in [5.41, 5.74) is 1.14. The highest BCUT2D eigenvalue weighted by Gasteiger charge is 2.21. The Hall–Kier alpha value is -5.18. The summed E-state index contributed by atoms with van der Waals surface area (Å²) < 4.78 is 34.2. The molecule has 0 atom stereocenters. The Morgan fingerprint density at radius 2 is 1.01 bits per heavy atom. The van der Waals surface area contributed by atoms with Crippen molar-refractivity contribution >= 4 is 52.7 Å². The highest BCUT2D eigenvalue weighted by Crippen LogP contribution is 2.28. The Morgan fingerprint density at radius 1 is 0.583 bits per heavy atom. The average Bonchev–Trinajstić information content (AvgIpc) is 3.45. The van der Waals surface area contributed by atoms with Crippen molar-refractivity contribution in [3.63, 3.8) is 0 Å². The van der Waals surface area contributed by atoms with Crippen LogP contribution in [0.1, 0.15) is 176 Å². The highest BCUT2D eigenvalue weighted by molar-refractivity contribution is 9.10. The van der Waals surface area contributed by atoms with Crippen molar-refractivity contribution in [2.45, 2.75) is 188 Å². The van der Waals surface area contributed by atoms with Crippen LogP contribution < -0.4 is 24.8 Å². The zero-order valence-corrected chi connectivity index (χ0v) is 56.1. The molecule has 3 fully saturated rings. The molecule has 0 aliphatic heterocycles. The van der Waals surface area contributed by atoms with Crippen LogP contribution in [0.25, 0.3) is 6.08 Å². The van der Waals surface area contributed by atoms with Crippen LogP contribution in [0.2, 0.25) is 0 Å². The lowest BCUT2D eigenvalue weighted by molar-refractivity contribution is 0.0307. The van der Waals surface area contributed by atoms with Gasteiger partial charge in [-0.2, -0.15) is 0 Å². The second-order valence-corrected chi connectivity index (χ2v) is 25.8. The van der Waals surface area contributed by atoms with Crippen molar-refractivity contribution < 1.29 is 42.8 Å². The number of hydrogen-bond acceptors (Lipinski definition) is 10. The first-order chi connectivity index (χ1) is 39.4. The number of carbonyl (C=O) groups is 3. The third-order valence-electron chi connectivity index (χ3n) is 13.4. The number of nitrogens with one attached hydrogen (secondary N) is 2. The first-order valence-corrected chi connectivity index (χ1v) is 31.4. The fourth-order valence-electron chi connectivity index (χ4n) is 9.07. The quantitative estimate of drug-likeness (QED) is 0.0639. The van der Waals surface area contributed by atoms with E-state index in [1.165, 1.54) is 113 Å². The number of likely N-dealkylation sites (N-methyl/N-ethyl adjacent to an activating group) is 2. The summed E-state index contributed by atoms with van der Waals surface area (Å²) in [6.45, 7) is 28.7. The molecule has 474 valence electrons. The van der Waals surface area contributed by atoms with E-state index in [1.807, 2.05) is 130 Å². The standard InChI is InChI=1S/C22H33NO3.C17H27NO.C13H17BrO.C9H17NO2.C8H15NO2.ClH/c1-22(2,3)26-21(24)23(4)15-9-13-18-12-8-14-20(16-18)25-17-19-10-6-5-7-11-19;1-18-12-6-10-15-9-5-11-17(13-15)19-14-16-7-3-2-4-8-16;14-12-7-4-8-13(9-12)15-10-11-5-2-1-3-6-11;1-6-7-10(5)8(11)12-9(2,3)4;1-5-6-9-7(10)11-8(2,3)4;/h8-9,12-14,16,19H,5-7,10-11,15,17H2,1-4H3;5,9,11,13,16,18H,2-4,6-8,10,12,14H2,1H3;4,7-9,11H,1-3,5-6,10H2;6H,1,7H2,2-5H3;5H,1,6H2,2-4H3,(H,9,10);1H/b13-9+;;;;;. The second-order valence-electron chi connectivity index (χ2n) is 24.9. The van der Waals surface area contributed by atoms with E-state index in [1.54, 1.807) is 31.1 Å². The van der Waals surface area contributed by atoms with Gasteiger partial charge in [0.1, 0.15) is 34.1 Å². The van der Waals surface area contributed by atoms with Crippen molar-refractivity contribution in [1.82, 2.24) is 20.4 Å². The maximum atomic E-state index is 11.9. The molecule has 0 radical (unpaired) electrons. The Balaban J connectivity index is 0.000000544. The van der Waals surface area contributed by atoms with E-state index in [-0.39, 0.29) is 24.6 Å². The smallest absolute Gasteiger partial charge is 0.410 e. The Morgan fingerprint density at radius 3 is 1.44 bits per heavy atom. The van der Waals surface area contributed by atoms with Crippen LogP contribution in [0.15, 0.2) is 109 Å². The van der Waals surface area contributed by atoms with Gasteiger partial charge in [-0.15, -0.1) is 25.6 Å². The van der Waals surface area contributed by atoms with Crippen LogP contribution in [0.3, 0.4) is 0 Å². The zero-order valence-electron chi connectivity index (χ0n) is 53.7. The third kappa shape index (κ3) is 40.2. The predicted molar refractivity (Wildman–Crippen MR) is 354 cm³/mol. The molecule has 0 saturated heterocycles. The van der Waals surface area contributed by atoms with Crippen molar-refractivity contribution in [2.24, 2.45) is 17.8 Å². The lowest BCUT2D eigenvalue weighted by Gasteiger charge is -2.23. The number of ether oxygens (including phenoxy) is 6.